The van der Waals surface area contributed by atoms with E-state index in [-0.39, 0.29) is 5.75 Å². The Morgan fingerprint density at radius 2 is 2.07 bits per heavy atom. The highest BCUT2D eigenvalue weighted by atomic mass is 16.3. The number of rotatable bonds is 1. The SMILES string of the molecule is Cc1c(C=O)c(O)c(C)c2c1C=CC2. The largest absolute Gasteiger partial charge is 0.507 e. The summed E-state index contributed by atoms with van der Waals surface area (Å²) < 4.78 is 0. The second-order valence-corrected chi connectivity index (χ2v) is 3.63. The molecule has 0 unspecified atom stereocenters. The molecule has 72 valence electrons. The Hall–Kier alpha value is -1.57. The molecule has 1 aromatic carbocycles. The molecule has 0 saturated heterocycles. The van der Waals surface area contributed by atoms with Gasteiger partial charge in [0.1, 0.15) is 5.75 Å². The van der Waals surface area contributed by atoms with Crippen molar-refractivity contribution in [1.29, 1.82) is 0 Å². The van der Waals surface area contributed by atoms with Gasteiger partial charge in [0.05, 0.1) is 5.56 Å². The normalized spacial score (nSPS) is 13.0. The third kappa shape index (κ3) is 1.00. The molecule has 1 N–H and O–H groups in total. The van der Waals surface area contributed by atoms with E-state index in [0.717, 1.165) is 35.0 Å². The minimum atomic E-state index is 0.139. The van der Waals surface area contributed by atoms with Crippen molar-refractivity contribution in [3.8, 4) is 5.75 Å². The standard InChI is InChI=1S/C12H12O2/c1-7-9-4-3-5-10(9)8(2)12(14)11(7)6-13/h3-4,6,14H,5H2,1-2H3. The minimum absolute atomic E-state index is 0.139. The van der Waals surface area contributed by atoms with Gasteiger partial charge in [0.2, 0.25) is 0 Å². The quantitative estimate of drug-likeness (QED) is 0.687. The van der Waals surface area contributed by atoms with Crippen LogP contribution in [0.2, 0.25) is 0 Å². The number of aldehydes is 1. The second kappa shape index (κ2) is 2.98. The number of benzene rings is 1. The summed E-state index contributed by atoms with van der Waals surface area (Å²) in [5.74, 6) is 0.139. The number of aromatic hydroxyl groups is 1. The van der Waals surface area contributed by atoms with E-state index in [1.165, 1.54) is 0 Å². The smallest absolute Gasteiger partial charge is 0.154 e. The lowest BCUT2D eigenvalue weighted by molar-refractivity contribution is 0.112. The maximum Gasteiger partial charge on any atom is 0.154 e. The van der Waals surface area contributed by atoms with E-state index < -0.39 is 0 Å². The molecule has 1 aliphatic rings. The zero-order valence-corrected chi connectivity index (χ0v) is 8.29. The Kier molecular flexibility index (Phi) is 1.92. The lowest BCUT2D eigenvalue weighted by atomic mass is 9.94. The van der Waals surface area contributed by atoms with Crippen molar-refractivity contribution in [2.75, 3.05) is 0 Å². The fourth-order valence-corrected chi connectivity index (χ4v) is 2.02. The number of hydrogen-bond acceptors (Lipinski definition) is 2. The van der Waals surface area contributed by atoms with Crippen LogP contribution in [-0.4, -0.2) is 11.4 Å². The molecule has 1 aromatic rings. The van der Waals surface area contributed by atoms with Gasteiger partial charge in [-0.25, -0.2) is 0 Å². The Bertz CT molecular complexity index is 439. The number of allylic oxidation sites excluding steroid dienone is 1. The molecule has 0 bridgehead atoms. The first kappa shape index (κ1) is 9.00. The van der Waals surface area contributed by atoms with Crippen LogP contribution in [0, 0.1) is 13.8 Å². The average molecular weight is 188 g/mol. The summed E-state index contributed by atoms with van der Waals surface area (Å²) in [6.07, 6.45) is 5.65. The Morgan fingerprint density at radius 1 is 1.36 bits per heavy atom. The molecule has 0 heterocycles. The molecule has 1 aliphatic carbocycles. The predicted octanol–water partition coefficient (Wildman–Crippen LogP) is 2.39. The molecule has 14 heavy (non-hydrogen) atoms. The molecule has 0 amide bonds. The van der Waals surface area contributed by atoms with Crippen molar-refractivity contribution in [3.05, 3.63) is 33.9 Å². The molecular weight excluding hydrogens is 176 g/mol. The molecule has 2 nitrogen and oxygen atoms in total. The number of carbonyl (C=O) groups is 1. The monoisotopic (exact) mass is 188 g/mol. The topological polar surface area (TPSA) is 37.3 Å². The molecule has 0 radical (unpaired) electrons. The van der Waals surface area contributed by atoms with Crippen LogP contribution in [0.5, 0.6) is 5.75 Å². The van der Waals surface area contributed by atoms with Gasteiger partial charge >= 0.3 is 0 Å². The summed E-state index contributed by atoms with van der Waals surface area (Å²) in [7, 11) is 0. The van der Waals surface area contributed by atoms with Gasteiger partial charge in [-0.1, -0.05) is 12.2 Å². The van der Waals surface area contributed by atoms with Crippen LogP contribution in [0.15, 0.2) is 6.08 Å². The average Bonchev–Trinajstić information content (AvgIpc) is 2.64. The second-order valence-electron chi connectivity index (χ2n) is 3.63. The van der Waals surface area contributed by atoms with Crippen LogP contribution in [-0.2, 0) is 6.42 Å². The van der Waals surface area contributed by atoms with Crippen molar-refractivity contribution in [3.63, 3.8) is 0 Å². The van der Waals surface area contributed by atoms with Gasteiger partial charge in [-0.3, -0.25) is 4.79 Å². The van der Waals surface area contributed by atoms with Crippen LogP contribution in [0.1, 0.15) is 32.6 Å². The number of carbonyl (C=O) groups excluding carboxylic acids is 1. The molecular formula is C12H12O2. The van der Waals surface area contributed by atoms with Crippen LogP contribution >= 0.6 is 0 Å². The summed E-state index contributed by atoms with van der Waals surface area (Å²) >= 11 is 0. The maximum absolute atomic E-state index is 10.8. The van der Waals surface area contributed by atoms with E-state index in [1.54, 1.807) is 0 Å². The highest BCUT2D eigenvalue weighted by Crippen LogP contribution is 2.35. The number of hydrogen-bond donors (Lipinski definition) is 1. The third-order valence-electron chi connectivity index (χ3n) is 2.92. The summed E-state index contributed by atoms with van der Waals surface area (Å²) in [5, 5.41) is 9.78. The Morgan fingerprint density at radius 3 is 2.71 bits per heavy atom. The zero-order valence-electron chi connectivity index (χ0n) is 8.29. The van der Waals surface area contributed by atoms with Crippen molar-refractivity contribution >= 4 is 12.4 Å². The van der Waals surface area contributed by atoms with E-state index in [0.29, 0.717) is 5.56 Å². The lowest BCUT2D eigenvalue weighted by Gasteiger charge is -2.12. The van der Waals surface area contributed by atoms with E-state index in [2.05, 4.69) is 6.08 Å². The molecule has 2 heteroatoms. The number of phenols is 1. The lowest BCUT2D eigenvalue weighted by Crippen LogP contribution is -1.98. The number of phenolic OH excluding ortho intramolecular Hbond substituents is 1. The summed E-state index contributed by atoms with van der Waals surface area (Å²) in [6, 6.07) is 0. The van der Waals surface area contributed by atoms with Crippen LogP contribution in [0.3, 0.4) is 0 Å². The van der Waals surface area contributed by atoms with E-state index >= 15 is 0 Å². The van der Waals surface area contributed by atoms with Crippen molar-refractivity contribution in [2.24, 2.45) is 0 Å². The predicted molar refractivity (Wildman–Crippen MR) is 55.7 cm³/mol. The number of fused-ring (bicyclic) bond motifs is 1. The van der Waals surface area contributed by atoms with Crippen LogP contribution < -0.4 is 0 Å². The van der Waals surface area contributed by atoms with E-state index in [1.807, 2.05) is 19.9 Å². The molecule has 0 aromatic heterocycles. The van der Waals surface area contributed by atoms with Crippen molar-refractivity contribution < 1.29 is 9.90 Å². The molecule has 0 fully saturated rings. The van der Waals surface area contributed by atoms with Crippen molar-refractivity contribution in [1.82, 2.24) is 0 Å². The van der Waals surface area contributed by atoms with E-state index in [9.17, 15) is 9.90 Å². The van der Waals surface area contributed by atoms with Gasteiger partial charge in [-0.05, 0) is 42.5 Å². The first-order valence-corrected chi connectivity index (χ1v) is 4.63. The maximum atomic E-state index is 10.8. The minimum Gasteiger partial charge on any atom is -0.507 e. The van der Waals surface area contributed by atoms with Gasteiger partial charge in [-0.2, -0.15) is 0 Å². The Labute approximate surface area is 82.9 Å². The summed E-state index contributed by atoms with van der Waals surface area (Å²) in [4.78, 5) is 10.8. The van der Waals surface area contributed by atoms with Gasteiger partial charge < -0.3 is 5.11 Å². The first-order chi connectivity index (χ1) is 6.66. The zero-order chi connectivity index (χ0) is 10.3. The molecule has 0 saturated carbocycles. The van der Waals surface area contributed by atoms with Gasteiger partial charge in [-0.15, -0.1) is 0 Å². The fraction of sp³-hybridized carbons (Fsp3) is 0.250. The first-order valence-electron chi connectivity index (χ1n) is 4.63. The Balaban J connectivity index is 2.83. The third-order valence-corrected chi connectivity index (χ3v) is 2.92. The van der Waals surface area contributed by atoms with Gasteiger partial charge in [0.25, 0.3) is 0 Å². The molecule has 0 spiro atoms. The fourth-order valence-electron chi connectivity index (χ4n) is 2.02. The van der Waals surface area contributed by atoms with Gasteiger partial charge in [0.15, 0.2) is 6.29 Å². The van der Waals surface area contributed by atoms with Gasteiger partial charge in [0, 0.05) is 0 Å². The highest BCUT2D eigenvalue weighted by Gasteiger charge is 2.18. The molecule has 2 rings (SSSR count). The summed E-state index contributed by atoms with van der Waals surface area (Å²) in [5.41, 5.74) is 4.38. The molecule has 0 atom stereocenters. The molecule has 0 aliphatic heterocycles. The highest BCUT2D eigenvalue weighted by molar-refractivity contribution is 5.86. The van der Waals surface area contributed by atoms with Crippen LogP contribution in [0.4, 0.5) is 0 Å². The van der Waals surface area contributed by atoms with Crippen LogP contribution in [0.25, 0.3) is 6.08 Å². The van der Waals surface area contributed by atoms with Crippen molar-refractivity contribution in [2.45, 2.75) is 20.3 Å². The summed E-state index contributed by atoms with van der Waals surface area (Å²) in [6.45, 7) is 3.73. The van der Waals surface area contributed by atoms with E-state index in [4.69, 9.17) is 0 Å².